The van der Waals surface area contributed by atoms with Crippen LogP contribution in [0.5, 0.6) is 0 Å². The Hall–Kier alpha value is -4.52. The summed E-state index contributed by atoms with van der Waals surface area (Å²) in [5.74, 6) is -8.36. The summed E-state index contributed by atoms with van der Waals surface area (Å²) in [7, 11) is 1.62. The molecule has 1 fully saturated rings. The van der Waals surface area contributed by atoms with Gasteiger partial charge in [0, 0.05) is 30.7 Å². The van der Waals surface area contributed by atoms with E-state index in [9.17, 15) is 27.5 Å². The Bertz CT molecular complexity index is 1900. The summed E-state index contributed by atoms with van der Waals surface area (Å²) in [5, 5.41) is 13.5. The lowest BCUT2D eigenvalue weighted by atomic mass is 10.0. The molecular weight excluding hydrogens is 554 g/mol. The normalized spacial score (nSPS) is 16.0. The predicted molar refractivity (Wildman–Crippen MR) is 152 cm³/mol. The first kappa shape index (κ1) is 27.6. The molecule has 218 valence electrons. The van der Waals surface area contributed by atoms with Gasteiger partial charge in [-0.3, -0.25) is 19.1 Å². The van der Waals surface area contributed by atoms with Crippen molar-refractivity contribution in [1.29, 1.82) is 0 Å². The van der Waals surface area contributed by atoms with E-state index in [0.29, 0.717) is 51.2 Å². The minimum absolute atomic E-state index is 0.0227. The molecule has 5 heterocycles. The van der Waals surface area contributed by atoms with Crippen LogP contribution in [0.25, 0.3) is 38.8 Å². The van der Waals surface area contributed by atoms with Crippen LogP contribution in [0.2, 0.25) is 0 Å². The molecule has 0 bridgehead atoms. The molecule has 0 atom stereocenters. The molecule has 0 unspecified atom stereocenters. The third-order valence-corrected chi connectivity index (χ3v) is 7.63. The molecule has 0 spiro atoms. The summed E-state index contributed by atoms with van der Waals surface area (Å²) in [6.07, 6.45) is 3.26. The van der Waals surface area contributed by atoms with Gasteiger partial charge in [-0.2, -0.15) is 17.6 Å². The largest absolute Gasteiger partial charge is 0.390 e. The predicted octanol–water partition coefficient (Wildman–Crippen LogP) is 4.66. The topological polar surface area (TPSA) is 101 Å². The van der Waals surface area contributed by atoms with Gasteiger partial charge >= 0.3 is 17.5 Å². The van der Waals surface area contributed by atoms with Crippen LogP contribution in [0.4, 0.5) is 29.1 Å². The number of hydrogen-bond donors (Lipinski definition) is 2. The van der Waals surface area contributed by atoms with Crippen LogP contribution in [-0.4, -0.2) is 60.7 Å². The SMILES string of the molecule is CCNc1cc(-c2ccc3ncc4c(c3c2)n(-c2ccc(N3CC(F)(F)C(F)(F)C3)nc2C)c(=O)n4C)cnc1CO. The maximum Gasteiger partial charge on any atom is 0.333 e. The molecule has 1 aliphatic heterocycles. The van der Waals surface area contributed by atoms with Gasteiger partial charge in [-0.15, -0.1) is 0 Å². The molecule has 2 N–H and O–H groups in total. The van der Waals surface area contributed by atoms with Gasteiger partial charge in [-0.1, -0.05) is 6.07 Å². The Morgan fingerprint density at radius 2 is 1.74 bits per heavy atom. The van der Waals surface area contributed by atoms with Crippen LogP contribution in [0, 0.1) is 6.92 Å². The van der Waals surface area contributed by atoms with Crippen molar-refractivity contribution in [3.63, 3.8) is 0 Å². The van der Waals surface area contributed by atoms with Crippen LogP contribution in [0.3, 0.4) is 0 Å². The van der Waals surface area contributed by atoms with Gasteiger partial charge in [0.1, 0.15) is 5.82 Å². The van der Waals surface area contributed by atoms with E-state index < -0.39 is 24.9 Å². The number of aromatic nitrogens is 5. The fourth-order valence-corrected chi connectivity index (χ4v) is 5.40. The Balaban J connectivity index is 1.50. The molecule has 0 amide bonds. The van der Waals surface area contributed by atoms with Crippen molar-refractivity contribution < 1.29 is 22.7 Å². The monoisotopic (exact) mass is 581 g/mol. The molecule has 1 aliphatic rings. The fourth-order valence-electron chi connectivity index (χ4n) is 5.40. The molecule has 13 heteroatoms. The van der Waals surface area contributed by atoms with Crippen molar-refractivity contribution in [3.8, 4) is 16.8 Å². The van der Waals surface area contributed by atoms with Gasteiger partial charge in [0.2, 0.25) is 0 Å². The van der Waals surface area contributed by atoms with E-state index >= 15 is 0 Å². The number of fused-ring (bicyclic) bond motifs is 3. The first-order valence-electron chi connectivity index (χ1n) is 13.3. The minimum atomic E-state index is -4.17. The number of nitrogens with one attached hydrogen (secondary N) is 1. The number of pyridine rings is 3. The summed E-state index contributed by atoms with van der Waals surface area (Å²) in [6.45, 7) is 1.68. The average Bonchev–Trinajstić information content (AvgIpc) is 3.35. The summed E-state index contributed by atoms with van der Waals surface area (Å²) >= 11 is 0. The lowest BCUT2D eigenvalue weighted by Crippen LogP contribution is -2.38. The van der Waals surface area contributed by atoms with Crippen LogP contribution < -0.4 is 15.9 Å². The van der Waals surface area contributed by atoms with Gasteiger partial charge < -0.3 is 15.3 Å². The molecule has 4 aromatic heterocycles. The van der Waals surface area contributed by atoms with E-state index in [1.165, 1.54) is 21.3 Å². The highest BCUT2D eigenvalue weighted by atomic mass is 19.3. The van der Waals surface area contributed by atoms with E-state index in [-0.39, 0.29) is 18.1 Å². The smallest absolute Gasteiger partial charge is 0.333 e. The number of aliphatic hydroxyl groups is 1. The average molecular weight is 582 g/mol. The number of alkyl halides is 4. The van der Waals surface area contributed by atoms with Crippen LogP contribution in [0.15, 0.2) is 53.6 Å². The van der Waals surface area contributed by atoms with Crippen LogP contribution in [0.1, 0.15) is 18.3 Å². The lowest BCUT2D eigenvalue weighted by molar-refractivity contribution is -0.172. The number of benzene rings is 1. The molecule has 42 heavy (non-hydrogen) atoms. The zero-order valence-electron chi connectivity index (χ0n) is 23.0. The quantitative estimate of drug-likeness (QED) is 0.282. The highest BCUT2D eigenvalue weighted by Gasteiger charge is 2.63. The Morgan fingerprint density at radius 3 is 2.40 bits per heavy atom. The summed E-state index contributed by atoms with van der Waals surface area (Å²) in [5.41, 5.74) is 4.86. The van der Waals surface area contributed by atoms with Crippen molar-refractivity contribution >= 4 is 33.4 Å². The molecule has 0 saturated carbocycles. The number of imidazole rings is 1. The van der Waals surface area contributed by atoms with E-state index in [0.717, 1.165) is 16.0 Å². The standard InChI is InChI=1S/C29H27F4N7O2/c1-4-34-21-10-18(11-35-22(21)13-41)17-5-6-20-19(9-17)26-24(12-36-20)38(3)27(42)40(26)23-7-8-25(37-16(23)2)39-14-28(30,31)29(32,33)15-39/h5-12,34,41H,4,13-15H2,1-3H3. The Kier molecular flexibility index (Phi) is 6.44. The van der Waals surface area contributed by atoms with Crippen molar-refractivity contribution in [2.24, 2.45) is 7.05 Å². The van der Waals surface area contributed by atoms with Crippen LogP contribution in [-0.2, 0) is 13.7 Å². The first-order chi connectivity index (χ1) is 20.0. The highest BCUT2D eigenvalue weighted by Crippen LogP contribution is 2.42. The Morgan fingerprint density at radius 1 is 1.00 bits per heavy atom. The fraction of sp³-hybridized carbons (Fsp3) is 0.310. The molecule has 6 rings (SSSR count). The third-order valence-electron chi connectivity index (χ3n) is 7.63. The second kappa shape index (κ2) is 9.79. The number of hydrogen-bond acceptors (Lipinski definition) is 7. The van der Waals surface area contributed by atoms with Gasteiger partial charge in [-0.05, 0) is 49.7 Å². The summed E-state index contributed by atoms with van der Waals surface area (Å²) < 4.78 is 58.3. The second-order valence-electron chi connectivity index (χ2n) is 10.3. The zero-order chi connectivity index (χ0) is 30.0. The van der Waals surface area contributed by atoms with Crippen LogP contribution >= 0.6 is 0 Å². The summed E-state index contributed by atoms with van der Waals surface area (Å²) in [4.78, 5) is 27.7. The molecule has 5 aromatic rings. The van der Waals surface area contributed by atoms with E-state index in [4.69, 9.17) is 0 Å². The van der Waals surface area contributed by atoms with E-state index in [1.807, 2.05) is 31.2 Å². The van der Waals surface area contributed by atoms with E-state index in [1.54, 1.807) is 26.4 Å². The lowest BCUT2D eigenvalue weighted by Gasteiger charge is -2.18. The number of nitrogens with zero attached hydrogens (tertiary/aromatic N) is 6. The molecule has 1 aromatic carbocycles. The zero-order valence-corrected chi connectivity index (χ0v) is 23.0. The number of aliphatic hydroxyl groups excluding tert-OH is 1. The van der Waals surface area contributed by atoms with Crippen molar-refractivity contribution in [2.45, 2.75) is 32.3 Å². The van der Waals surface area contributed by atoms with Gasteiger partial charge in [-0.25, -0.2) is 9.78 Å². The second-order valence-corrected chi connectivity index (χ2v) is 10.3. The maximum absolute atomic E-state index is 13.8. The third kappa shape index (κ3) is 4.26. The Labute approximate surface area is 237 Å². The number of anilines is 2. The van der Waals surface area contributed by atoms with Crippen molar-refractivity contribution in [1.82, 2.24) is 24.1 Å². The van der Waals surface area contributed by atoms with Gasteiger partial charge in [0.05, 0.1) is 65.2 Å². The number of rotatable bonds is 6. The molecule has 1 saturated heterocycles. The van der Waals surface area contributed by atoms with Crippen molar-refractivity contribution in [3.05, 3.63) is 70.7 Å². The molecule has 9 nitrogen and oxygen atoms in total. The first-order valence-corrected chi connectivity index (χ1v) is 13.3. The number of halogens is 4. The summed E-state index contributed by atoms with van der Waals surface area (Å²) in [6, 6.07) is 10.4. The van der Waals surface area contributed by atoms with Gasteiger partial charge in [0.25, 0.3) is 0 Å². The highest BCUT2D eigenvalue weighted by molar-refractivity contribution is 6.04. The molecule has 0 aliphatic carbocycles. The van der Waals surface area contributed by atoms with Gasteiger partial charge in [0.15, 0.2) is 0 Å². The maximum atomic E-state index is 13.8. The van der Waals surface area contributed by atoms with E-state index in [2.05, 4.69) is 20.3 Å². The minimum Gasteiger partial charge on any atom is -0.390 e. The number of aryl methyl sites for hydroxylation is 2. The molecular formula is C29H27F4N7O2. The van der Waals surface area contributed by atoms with Crippen molar-refractivity contribution in [2.75, 3.05) is 29.9 Å². The molecule has 0 radical (unpaired) electrons.